The van der Waals surface area contributed by atoms with Crippen molar-refractivity contribution in [1.29, 1.82) is 0 Å². The van der Waals surface area contributed by atoms with Crippen LogP contribution in [0.25, 0.3) is 0 Å². The molecule has 1 atom stereocenters. The Morgan fingerprint density at radius 1 is 1.14 bits per heavy atom. The number of imidazole rings is 1. The molecular formula is C20H26N6O2. The number of nitrogens with one attached hydrogen (secondary N) is 1. The van der Waals surface area contributed by atoms with Crippen LogP contribution in [0.1, 0.15) is 17.4 Å². The molecular weight excluding hydrogens is 356 g/mol. The molecule has 1 aromatic carbocycles. The largest absolute Gasteiger partial charge is 0.336 e. The minimum absolute atomic E-state index is 0.0865. The van der Waals surface area contributed by atoms with Gasteiger partial charge in [-0.1, -0.05) is 30.3 Å². The first kappa shape index (κ1) is 18.6. The third-order valence-corrected chi connectivity index (χ3v) is 5.51. The zero-order valence-electron chi connectivity index (χ0n) is 16.1. The average Bonchev–Trinajstić information content (AvgIpc) is 3.33. The highest BCUT2D eigenvalue weighted by Crippen LogP contribution is 2.28. The number of benzene rings is 1. The number of urea groups is 1. The molecule has 0 aliphatic carbocycles. The van der Waals surface area contributed by atoms with Gasteiger partial charge in [0.1, 0.15) is 5.82 Å². The molecule has 0 radical (unpaired) electrons. The van der Waals surface area contributed by atoms with E-state index in [1.54, 1.807) is 0 Å². The molecule has 8 heteroatoms. The first-order valence-corrected chi connectivity index (χ1v) is 9.70. The molecule has 8 nitrogen and oxygen atoms in total. The van der Waals surface area contributed by atoms with Gasteiger partial charge in [-0.25, -0.2) is 9.78 Å². The summed E-state index contributed by atoms with van der Waals surface area (Å²) >= 11 is 0. The van der Waals surface area contributed by atoms with E-state index in [1.165, 1.54) is 10.5 Å². The Kier molecular flexibility index (Phi) is 5.40. The van der Waals surface area contributed by atoms with Gasteiger partial charge in [0.05, 0.1) is 12.6 Å². The molecule has 2 aliphatic heterocycles. The Hall–Kier alpha value is -2.71. The third-order valence-electron chi connectivity index (χ3n) is 5.51. The van der Waals surface area contributed by atoms with E-state index >= 15 is 0 Å². The van der Waals surface area contributed by atoms with Crippen LogP contribution in [0.3, 0.4) is 0 Å². The normalized spacial score (nSPS) is 19.6. The number of hydrogen-bond acceptors (Lipinski definition) is 5. The van der Waals surface area contributed by atoms with Crippen LogP contribution in [0.4, 0.5) is 4.79 Å². The summed E-state index contributed by atoms with van der Waals surface area (Å²) in [6.07, 6.45) is 3.81. The summed E-state index contributed by atoms with van der Waals surface area (Å²) in [6.45, 7) is 4.55. The Labute approximate surface area is 164 Å². The standard InChI is InChI=1S/C20H26N6O2/c1-23-9-7-21-19(23)18(16-5-3-2-4-6-16)25-13-11-24(12-14-25)15-17(27)26-10-8-22-20(26)28/h2-7,9,18H,8,10-15H2,1H3,(H,22,28)/t18-/m0/s1. The monoisotopic (exact) mass is 382 g/mol. The number of hydrogen-bond donors (Lipinski definition) is 1. The van der Waals surface area contributed by atoms with Crippen molar-refractivity contribution < 1.29 is 9.59 Å². The molecule has 1 N–H and O–H groups in total. The maximum absolute atomic E-state index is 12.4. The summed E-state index contributed by atoms with van der Waals surface area (Å²) in [5, 5.41) is 2.68. The van der Waals surface area contributed by atoms with E-state index in [2.05, 4.69) is 48.9 Å². The number of carbonyl (C=O) groups excluding carboxylic acids is 2. The van der Waals surface area contributed by atoms with Crippen LogP contribution in [0.2, 0.25) is 0 Å². The van der Waals surface area contributed by atoms with Crippen LogP contribution < -0.4 is 5.32 Å². The van der Waals surface area contributed by atoms with Crippen LogP contribution in [-0.2, 0) is 11.8 Å². The third kappa shape index (κ3) is 3.79. The molecule has 0 spiro atoms. The molecule has 2 aliphatic rings. The van der Waals surface area contributed by atoms with Gasteiger partial charge in [0.15, 0.2) is 0 Å². The molecule has 0 bridgehead atoms. The Morgan fingerprint density at radius 3 is 2.50 bits per heavy atom. The molecule has 2 saturated heterocycles. The van der Waals surface area contributed by atoms with Gasteiger partial charge in [-0.15, -0.1) is 0 Å². The van der Waals surface area contributed by atoms with E-state index in [1.807, 2.05) is 25.5 Å². The lowest BCUT2D eigenvalue weighted by Crippen LogP contribution is -2.51. The van der Waals surface area contributed by atoms with Crippen molar-refractivity contribution in [2.24, 2.45) is 7.05 Å². The first-order valence-electron chi connectivity index (χ1n) is 9.70. The van der Waals surface area contributed by atoms with Crippen LogP contribution in [-0.4, -0.2) is 82.0 Å². The quantitative estimate of drug-likeness (QED) is 0.823. The SMILES string of the molecule is Cn1ccnc1[C@H](c1ccccc1)N1CCN(CC(=O)N2CCNC2=O)CC1. The van der Waals surface area contributed by atoms with Crippen LogP contribution in [0.5, 0.6) is 0 Å². The van der Waals surface area contributed by atoms with Gasteiger partial charge in [-0.2, -0.15) is 0 Å². The van der Waals surface area contributed by atoms with Gasteiger partial charge < -0.3 is 9.88 Å². The second kappa shape index (κ2) is 8.12. The summed E-state index contributed by atoms with van der Waals surface area (Å²) in [6, 6.07) is 10.2. The van der Waals surface area contributed by atoms with Gasteiger partial charge in [-0.05, 0) is 5.56 Å². The molecule has 148 valence electrons. The smallest absolute Gasteiger partial charge is 0.324 e. The molecule has 0 unspecified atom stereocenters. The highest BCUT2D eigenvalue weighted by atomic mass is 16.2. The minimum atomic E-state index is -0.275. The number of aromatic nitrogens is 2. The van der Waals surface area contributed by atoms with E-state index in [4.69, 9.17) is 0 Å². The van der Waals surface area contributed by atoms with Crippen molar-refractivity contribution in [1.82, 2.24) is 29.6 Å². The Balaban J connectivity index is 1.43. The van der Waals surface area contributed by atoms with E-state index in [0.29, 0.717) is 19.6 Å². The van der Waals surface area contributed by atoms with E-state index < -0.39 is 0 Å². The lowest BCUT2D eigenvalue weighted by atomic mass is 10.0. The fourth-order valence-electron chi connectivity index (χ4n) is 3.97. The molecule has 2 fully saturated rings. The summed E-state index contributed by atoms with van der Waals surface area (Å²) in [4.78, 5) is 34.5. The molecule has 3 amide bonds. The average molecular weight is 382 g/mol. The zero-order chi connectivity index (χ0) is 19.5. The van der Waals surface area contributed by atoms with Crippen molar-refractivity contribution in [2.75, 3.05) is 45.8 Å². The number of piperazine rings is 1. The fourth-order valence-corrected chi connectivity index (χ4v) is 3.97. The number of aryl methyl sites for hydroxylation is 1. The fraction of sp³-hybridized carbons (Fsp3) is 0.450. The van der Waals surface area contributed by atoms with Gasteiger partial charge in [-0.3, -0.25) is 19.5 Å². The minimum Gasteiger partial charge on any atom is -0.336 e. The Morgan fingerprint density at radius 2 is 1.89 bits per heavy atom. The van der Waals surface area contributed by atoms with Crippen molar-refractivity contribution in [2.45, 2.75) is 6.04 Å². The van der Waals surface area contributed by atoms with E-state index in [9.17, 15) is 9.59 Å². The Bertz CT molecular complexity index is 828. The summed E-state index contributed by atoms with van der Waals surface area (Å²) in [5.74, 6) is 0.900. The summed E-state index contributed by atoms with van der Waals surface area (Å²) < 4.78 is 2.07. The molecule has 0 saturated carbocycles. The van der Waals surface area contributed by atoms with Crippen LogP contribution >= 0.6 is 0 Å². The highest BCUT2D eigenvalue weighted by Gasteiger charge is 2.31. The number of amides is 3. The van der Waals surface area contributed by atoms with Crippen molar-refractivity contribution in [3.63, 3.8) is 0 Å². The summed E-state index contributed by atoms with van der Waals surface area (Å²) in [7, 11) is 2.02. The number of rotatable bonds is 5. The number of carbonyl (C=O) groups is 2. The van der Waals surface area contributed by atoms with Crippen molar-refractivity contribution in [3.8, 4) is 0 Å². The molecule has 4 rings (SSSR count). The second-order valence-corrected chi connectivity index (χ2v) is 7.30. The number of imide groups is 1. The van der Waals surface area contributed by atoms with Crippen molar-refractivity contribution >= 4 is 11.9 Å². The first-order chi connectivity index (χ1) is 13.6. The maximum Gasteiger partial charge on any atom is 0.324 e. The highest BCUT2D eigenvalue weighted by molar-refractivity contribution is 5.96. The van der Waals surface area contributed by atoms with Crippen molar-refractivity contribution in [3.05, 3.63) is 54.1 Å². The predicted octanol–water partition coefficient (Wildman–Crippen LogP) is 0.679. The lowest BCUT2D eigenvalue weighted by Gasteiger charge is -2.39. The van der Waals surface area contributed by atoms with Gasteiger partial charge >= 0.3 is 6.03 Å². The van der Waals surface area contributed by atoms with Gasteiger partial charge in [0.2, 0.25) is 5.91 Å². The van der Waals surface area contributed by atoms with Crippen LogP contribution in [0, 0.1) is 0 Å². The summed E-state index contributed by atoms with van der Waals surface area (Å²) in [5.41, 5.74) is 1.22. The topological polar surface area (TPSA) is 73.7 Å². The second-order valence-electron chi connectivity index (χ2n) is 7.30. The zero-order valence-corrected chi connectivity index (χ0v) is 16.1. The molecule has 2 aromatic rings. The van der Waals surface area contributed by atoms with E-state index in [-0.39, 0.29) is 18.0 Å². The predicted molar refractivity (Wildman–Crippen MR) is 105 cm³/mol. The lowest BCUT2D eigenvalue weighted by molar-refractivity contribution is -0.129. The molecule has 28 heavy (non-hydrogen) atoms. The van der Waals surface area contributed by atoms with Crippen LogP contribution in [0.15, 0.2) is 42.7 Å². The molecule has 3 heterocycles. The number of nitrogens with zero attached hydrogens (tertiary/aromatic N) is 5. The van der Waals surface area contributed by atoms with Gasteiger partial charge in [0, 0.05) is 58.7 Å². The molecule has 1 aromatic heterocycles. The maximum atomic E-state index is 12.4. The van der Waals surface area contributed by atoms with Gasteiger partial charge in [0.25, 0.3) is 0 Å². The van der Waals surface area contributed by atoms with E-state index in [0.717, 1.165) is 32.0 Å².